The molecule has 2 aromatic heterocycles. The van der Waals surface area contributed by atoms with Crippen molar-refractivity contribution in [1.29, 1.82) is 0 Å². The zero-order chi connectivity index (χ0) is 17.6. The first-order chi connectivity index (χ1) is 12.0. The molecule has 1 aromatic carbocycles. The molecule has 0 aliphatic carbocycles. The standard InChI is InChI=1S/C16H13N5O4/c1-9-15(22)18-11-8-10(5-6-12(11)25-9)17-14-16(21(23)24)20-7-3-2-4-13(20)19-14/h2-9,17H,1H3,(H,18,22). The second-order valence-corrected chi connectivity index (χ2v) is 5.56. The highest BCUT2D eigenvalue weighted by Gasteiger charge is 2.25. The molecular weight excluding hydrogens is 326 g/mol. The van der Waals surface area contributed by atoms with Gasteiger partial charge in [0.15, 0.2) is 6.10 Å². The van der Waals surface area contributed by atoms with Crippen LogP contribution in [0.3, 0.4) is 0 Å². The predicted molar refractivity (Wildman–Crippen MR) is 90.3 cm³/mol. The highest BCUT2D eigenvalue weighted by molar-refractivity contribution is 5.98. The quantitative estimate of drug-likeness (QED) is 0.561. The summed E-state index contributed by atoms with van der Waals surface area (Å²) >= 11 is 0. The molecule has 1 aliphatic rings. The van der Waals surface area contributed by atoms with E-state index in [9.17, 15) is 14.9 Å². The van der Waals surface area contributed by atoms with Crippen LogP contribution in [0.15, 0.2) is 42.6 Å². The van der Waals surface area contributed by atoms with Gasteiger partial charge in [0.05, 0.1) is 11.9 Å². The van der Waals surface area contributed by atoms with Crippen LogP contribution in [0.25, 0.3) is 5.65 Å². The molecule has 0 radical (unpaired) electrons. The van der Waals surface area contributed by atoms with Gasteiger partial charge in [-0.2, -0.15) is 9.38 Å². The van der Waals surface area contributed by atoms with Gasteiger partial charge in [0.1, 0.15) is 5.75 Å². The van der Waals surface area contributed by atoms with Crippen LogP contribution < -0.4 is 15.4 Å². The molecule has 3 aromatic rings. The number of anilines is 3. The first-order valence-corrected chi connectivity index (χ1v) is 7.53. The molecule has 3 heterocycles. The maximum absolute atomic E-state index is 11.7. The number of ether oxygens (including phenoxy) is 1. The minimum Gasteiger partial charge on any atom is -0.479 e. The summed E-state index contributed by atoms with van der Waals surface area (Å²) in [5, 5.41) is 17.1. The number of pyridine rings is 1. The molecule has 1 atom stereocenters. The summed E-state index contributed by atoms with van der Waals surface area (Å²) in [5.74, 6) is 0.250. The third kappa shape index (κ3) is 2.51. The first-order valence-electron chi connectivity index (χ1n) is 7.53. The molecule has 2 N–H and O–H groups in total. The van der Waals surface area contributed by atoms with E-state index in [-0.39, 0.29) is 17.5 Å². The Morgan fingerprint density at radius 2 is 2.20 bits per heavy atom. The monoisotopic (exact) mass is 339 g/mol. The van der Waals surface area contributed by atoms with E-state index in [0.717, 1.165) is 0 Å². The van der Waals surface area contributed by atoms with Gasteiger partial charge in [0.2, 0.25) is 11.5 Å². The number of carbonyl (C=O) groups is 1. The normalized spacial score (nSPS) is 16.0. The van der Waals surface area contributed by atoms with E-state index in [0.29, 0.717) is 22.8 Å². The molecule has 4 rings (SSSR count). The van der Waals surface area contributed by atoms with E-state index in [2.05, 4.69) is 15.6 Å². The Hall–Kier alpha value is -3.62. The summed E-state index contributed by atoms with van der Waals surface area (Å²) in [6.45, 7) is 1.66. The molecule has 9 heteroatoms. The van der Waals surface area contributed by atoms with Gasteiger partial charge in [-0.25, -0.2) is 0 Å². The SMILES string of the molecule is CC1Oc2ccc(Nc3nc4ccccn4c3[N+](=O)[O-])cc2NC1=O. The number of fused-ring (bicyclic) bond motifs is 2. The average Bonchev–Trinajstić information content (AvgIpc) is 2.94. The Balaban J connectivity index is 1.73. The fraction of sp³-hybridized carbons (Fsp3) is 0.125. The first kappa shape index (κ1) is 14.9. The van der Waals surface area contributed by atoms with Gasteiger partial charge >= 0.3 is 5.82 Å². The summed E-state index contributed by atoms with van der Waals surface area (Å²) in [6, 6.07) is 10.2. The number of nitro groups is 1. The molecule has 1 unspecified atom stereocenters. The lowest BCUT2D eigenvalue weighted by Crippen LogP contribution is -2.34. The van der Waals surface area contributed by atoms with Crippen LogP contribution >= 0.6 is 0 Å². The van der Waals surface area contributed by atoms with Gasteiger partial charge in [-0.15, -0.1) is 0 Å². The topological polar surface area (TPSA) is 111 Å². The van der Waals surface area contributed by atoms with Gasteiger partial charge < -0.3 is 25.5 Å². The van der Waals surface area contributed by atoms with Crippen molar-refractivity contribution in [2.24, 2.45) is 0 Å². The number of hydrogen-bond acceptors (Lipinski definition) is 6. The zero-order valence-corrected chi connectivity index (χ0v) is 13.1. The summed E-state index contributed by atoms with van der Waals surface area (Å²) in [4.78, 5) is 26.9. The fourth-order valence-corrected chi connectivity index (χ4v) is 2.66. The van der Waals surface area contributed by atoms with Crippen molar-refractivity contribution < 1.29 is 14.5 Å². The second-order valence-electron chi connectivity index (χ2n) is 5.56. The van der Waals surface area contributed by atoms with Gasteiger partial charge in [0, 0.05) is 11.8 Å². The number of carbonyl (C=O) groups excluding carboxylic acids is 1. The lowest BCUT2D eigenvalue weighted by atomic mass is 10.2. The summed E-state index contributed by atoms with van der Waals surface area (Å²) < 4.78 is 6.89. The van der Waals surface area contributed by atoms with Crippen LogP contribution in [0.2, 0.25) is 0 Å². The number of benzene rings is 1. The maximum Gasteiger partial charge on any atom is 0.372 e. The summed E-state index contributed by atoms with van der Waals surface area (Å²) in [7, 11) is 0. The van der Waals surface area contributed by atoms with Crippen LogP contribution in [-0.4, -0.2) is 26.3 Å². The molecule has 0 saturated heterocycles. The molecule has 0 spiro atoms. The predicted octanol–water partition coefficient (Wildman–Crippen LogP) is 2.71. The van der Waals surface area contributed by atoms with Crippen molar-refractivity contribution in [3.8, 4) is 5.75 Å². The average molecular weight is 339 g/mol. The van der Waals surface area contributed by atoms with E-state index in [1.165, 1.54) is 4.40 Å². The molecule has 0 bridgehead atoms. The lowest BCUT2D eigenvalue weighted by molar-refractivity contribution is -0.389. The van der Waals surface area contributed by atoms with Crippen LogP contribution in [0.4, 0.5) is 23.0 Å². The number of nitrogens with zero attached hydrogens (tertiary/aromatic N) is 3. The molecule has 1 amide bonds. The van der Waals surface area contributed by atoms with Crippen LogP contribution in [-0.2, 0) is 4.79 Å². The number of imidazole rings is 1. The Kier molecular flexibility index (Phi) is 3.27. The van der Waals surface area contributed by atoms with E-state index in [1.807, 2.05) is 0 Å². The summed E-state index contributed by atoms with van der Waals surface area (Å²) in [5.41, 5.74) is 1.50. The molecule has 9 nitrogen and oxygen atoms in total. The maximum atomic E-state index is 11.7. The number of hydrogen-bond donors (Lipinski definition) is 2. The van der Waals surface area contributed by atoms with Crippen LogP contribution in [0, 0.1) is 10.1 Å². The molecule has 0 fully saturated rings. The Bertz CT molecular complexity index is 1010. The van der Waals surface area contributed by atoms with Crippen molar-refractivity contribution in [2.75, 3.05) is 10.6 Å². The van der Waals surface area contributed by atoms with E-state index < -0.39 is 11.0 Å². The number of aromatic nitrogens is 2. The van der Waals surface area contributed by atoms with E-state index in [4.69, 9.17) is 4.74 Å². The second kappa shape index (κ2) is 5.48. The van der Waals surface area contributed by atoms with Crippen LogP contribution in [0.5, 0.6) is 5.75 Å². The van der Waals surface area contributed by atoms with Crippen LogP contribution in [0.1, 0.15) is 6.92 Å². The van der Waals surface area contributed by atoms with Crippen molar-refractivity contribution in [3.05, 3.63) is 52.7 Å². The van der Waals surface area contributed by atoms with Crippen molar-refractivity contribution >= 4 is 34.6 Å². The summed E-state index contributed by atoms with van der Waals surface area (Å²) in [6.07, 6.45) is 1.01. The minimum atomic E-state index is -0.564. The number of rotatable bonds is 3. The lowest BCUT2D eigenvalue weighted by Gasteiger charge is -2.23. The van der Waals surface area contributed by atoms with Gasteiger partial charge in [-0.1, -0.05) is 6.07 Å². The van der Waals surface area contributed by atoms with Gasteiger partial charge in [-0.05, 0) is 36.1 Å². The molecule has 126 valence electrons. The van der Waals surface area contributed by atoms with Crippen molar-refractivity contribution in [3.63, 3.8) is 0 Å². The highest BCUT2D eigenvalue weighted by Crippen LogP contribution is 2.34. The molecular formula is C16H13N5O4. The minimum absolute atomic E-state index is 0.118. The zero-order valence-electron chi connectivity index (χ0n) is 13.1. The highest BCUT2D eigenvalue weighted by atomic mass is 16.6. The van der Waals surface area contributed by atoms with Gasteiger partial charge in [-0.3, -0.25) is 4.79 Å². The molecule has 25 heavy (non-hydrogen) atoms. The largest absolute Gasteiger partial charge is 0.479 e. The molecule has 0 saturated carbocycles. The Labute approximate surface area is 141 Å². The fourth-order valence-electron chi connectivity index (χ4n) is 2.66. The smallest absolute Gasteiger partial charge is 0.372 e. The van der Waals surface area contributed by atoms with E-state index >= 15 is 0 Å². The molecule has 1 aliphatic heterocycles. The third-order valence-electron chi connectivity index (χ3n) is 3.85. The van der Waals surface area contributed by atoms with Crippen molar-refractivity contribution in [1.82, 2.24) is 9.38 Å². The van der Waals surface area contributed by atoms with E-state index in [1.54, 1.807) is 49.5 Å². The van der Waals surface area contributed by atoms with Crippen molar-refractivity contribution in [2.45, 2.75) is 13.0 Å². The Morgan fingerprint density at radius 3 is 3.00 bits per heavy atom. The number of nitrogens with one attached hydrogen (secondary N) is 2. The Morgan fingerprint density at radius 1 is 1.36 bits per heavy atom. The third-order valence-corrected chi connectivity index (χ3v) is 3.85. The number of amides is 1. The van der Waals surface area contributed by atoms with Gasteiger partial charge in [0.25, 0.3) is 5.91 Å².